The summed E-state index contributed by atoms with van der Waals surface area (Å²) in [4.78, 5) is 4.14. The van der Waals surface area contributed by atoms with Gasteiger partial charge < -0.3 is 11.1 Å². The molecule has 0 radical (unpaired) electrons. The Morgan fingerprint density at radius 2 is 1.94 bits per heavy atom. The van der Waals surface area contributed by atoms with E-state index in [1.807, 2.05) is 36.5 Å². The molecule has 0 amide bonds. The van der Waals surface area contributed by atoms with Crippen LogP contribution in [-0.2, 0) is 13.1 Å². The lowest BCUT2D eigenvalue weighted by atomic mass is 10.2. The van der Waals surface area contributed by atoms with Gasteiger partial charge in [0.05, 0.1) is 10.7 Å². The average molecular weight is 248 g/mol. The minimum absolute atomic E-state index is 0.507. The summed E-state index contributed by atoms with van der Waals surface area (Å²) in [7, 11) is 0. The molecule has 2 aromatic rings. The van der Waals surface area contributed by atoms with Crippen molar-refractivity contribution in [2.75, 3.05) is 5.32 Å². The van der Waals surface area contributed by atoms with Crippen molar-refractivity contribution in [3.05, 3.63) is 58.9 Å². The van der Waals surface area contributed by atoms with Crippen LogP contribution in [0.3, 0.4) is 0 Å². The van der Waals surface area contributed by atoms with Crippen molar-refractivity contribution in [1.82, 2.24) is 4.98 Å². The van der Waals surface area contributed by atoms with Crippen molar-refractivity contribution in [1.29, 1.82) is 0 Å². The standard InChI is InChI=1S/C13H14ClN3/c14-12-3-1-2-4-13(12)17-9-11-5-10(6-15)7-16-8-11/h1-5,7-8,17H,6,9,15H2. The molecule has 0 fully saturated rings. The van der Waals surface area contributed by atoms with Gasteiger partial charge in [-0.15, -0.1) is 0 Å². The number of benzene rings is 1. The summed E-state index contributed by atoms with van der Waals surface area (Å²) in [5, 5.41) is 3.99. The number of hydrogen-bond donors (Lipinski definition) is 2. The molecule has 0 saturated heterocycles. The Hall–Kier alpha value is -1.58. The third-order valence-electron chi connectivity index (χ3n) is 2.44. The van der Waals surface area contributed by atoms with Gasteiger partial charge in [-0.3, -0.25) is 4.98 Å². The predicted molar refractivity (Wildman–Crippen MR) is 70.9 cm³/mol. The SMILES string of the molecule is NCc1cncc(CNc2ccccc2Cl)c1. The van der Waals surface area contributed by atoms with Crippen LogP contribution in [0.5, 0.6) is 0 Å². The molecular formula is C13H14ClN3. The number of anilines is 1. The summed E-state index contributed by atoms with van der Waals surface area (Å²) in [6, 6.07) is 9.70. The maximum Gasteiger partial charge on any atom is 0.0637 e. The topological polar surface area (TPSA) is 50.9 Å². The third kappa shape index (κ3) is 3.19. The van der Waals surface area contributed by atoms with Crippen LogP contribution >= 0.6 is 11.6 Å². The number of nitrogens with two attached hydrogens (primary N) is 1. The van der Waals surface area contributed by atoms with Crippen LogP contribution in [0.15, 0.2) is 42.7 Å². The Morgan fingerprint density at radius 1 is 1.18 bits per heavy atom. The lowest BCUT2D eigenvalue weighted by molar-refractivity contribution is 1.02. The smallest absolute Gasteiger partial charge is 0.0637 e. The maximum absolute atomic E-state index is 6.05. The first-order chi connectivity index (χ1) is 8.29. The molecule has 0 saturated carbocycles. The number of para-hydroxylation sites is 1. The molecule has 3 N–H and O–H groups in total. The van der Waals surface area contributed by atoms with Crippen LogP contribution < -0.4 is 11.1 Å². The molecule has 0 atom stereocenters. The zero-order valence-corrected chi connectivity index (χ0v) is 10.1. The average Bonchev–Trinajstić information content (AvgIpc) is 2.38. The lowest BCUT2D eigenvalue weighted by Gasteiger charge is -2.08. The van der Waals surface area contributed by atoms with Crippen molar-refractivity contribution in [3.8, 4) is 0 Å². The molecule has 0 bridgehead atoms. The van der Waals surface area contributed by atoms with E-state index in [9.17, 15) is 0 Å². The van der Waals surface area contributed by atoms with E-state index >= 15 is 0 Å². The molecule has 4 heteroatoms. The van der Waals surface area contributed by atoms with Crippen molar-refractivity contribution < 1.29 is 0 Å². The molecule has 1 aromatic heterocycles. The second kappa shape index (κ2) is 5.66. The van der Waals surface area contributed by atoms with Gasteiger partial charge in [-0.1, -0.05) is 23.7 Å². The van der Waals surface area contributed by atoms with E-state index in [0.29, 0.717) is 13.1 Å². The summed E-state index contributed by atoms with van der Waals surface area (Å²) >= 11 is 6.05. The highest BCUT2D eigenvalue weighted by molar-refractivity contribution is 6.33. The molecule has 88 valence electrons. The molecule has 0 aliphatic heterocycles. The van der Waals surface area contributed by atoms with E-state index in [1.54, 1.807) is 6.20 Å². The highest BCUT2D eigenvalue weighted by Crippen LogP contribution is 2.21. The first-order valence-corrected chi connectivity index (χ1v) is 5.78. The monoisotopic (exact) mass is 247 g/mol. The van der Waals surface area contributed by atoms with Crippen LogP contribution in [0.25, 0.3) is 0 Å². The van der Waals surface area contributed by atoms with Crippen molar-refractivity contribution in [2.24, 2.45) is 5.73 Å². The van der Waals surface area contributed by atoms with E-state index < -0.39 is 0 Å². The first-order valence-electron chi connectivity index (χ1n) is 5.41. The van der Waals surface area contributed by atoms with Crippen molar-refractivity contribution >= 4 is 17.3 Å². The number of nitrogens with zero attached hydrogens (tertiary/aromatic N) is 1. The fourth-order valence-electron chi connectivity index (χ4n) is 1.55. The maximum atomic E-state index is 6.05. The zero-order valence-electron chi connectivity index (χ0n) is 9.36. The van der Waals surface area contributed by atoms with Crippen LogP contribution in [-0.4, -0.2) is 4.98 Å². The molecule has 0 aliphatic carbocycles. The van der Waals surface area contributed by atoms with Crippen LogP contribution in [0, 0.1) is 0 Å². The summed E-state index contributed by atoms with van der Waals surface area (Å²) in [6.07, 6.45) is 3.60. The van der Waals surface area contributed by atoms with Crippen molar-refractivity contribution in [3.63, 3.8) is 0 Å². The summed E-state index contributed by atoms with van der Waals surface area (Å²) in [6.45, 7) is 1.19. The molecular weight excluding hydrogens is 234 g/mol. The normalized spacial score (nSPS) is 10.2. The van der Waals surface area contributed by atoms with Crippen LogP contribution in [0.4, 0.5) is 5.69 Å². The fraction of sp³-hybridized carbons (Fsp3) is 0.154. The molecule has 1 aromatic carbocycles. The van der Waals surface area contributed by atoms with Crippen LogP contribution in [0.2, 0.25) is 5.02 Å². The van der Waals surface area contributed by atoms with E-state index in [4.69, 9.17) is 17.3 Å². The third-order valence-corrected chi connectivity index (χ3v) is 2.77. The fourth-order valence-corrected chi connectivity index (χ4v) is 1.75. The minimum Gasteiger partial charge on any atom is -0.380 e. The number of nitrogens with one attached hydrogen (secondary N) is 1. The number of rotatable bonds is 4. The van der Waals surface area contributed by atoms with Gasteiger partial charge in [-0.25, -0.2) is 0 Å². The summed E-state index contributed by atoms with van der Waals surface area (Å²) < 4.78 is 0. The largest absolute Gasteiger partial charge is 0.380 e. The van der Waals surface area contributed by atoms with Gasteiger partial charge in [-0.05, 0) is 29.3 Å². The van der Waals surface area contributed by atoms with Gasteiger partial charge in [0.15, 0.2) is 0 Å². The number of halogens is 1. The minimum atomic E-state index is 0.507. The molecule has 1 heterocycles. The molecule has 2 rings (SSSR count). The van der Waals surface area contributed by atoms with E-state index in [0.717, 1.165) is 21.8 Å². The summed E-state index contributed by atoms with van der Waals surface area (Å²) in [5.74, 6) is 0. The molecule has 0 spiro atoms. The van der Waals surface area contributed by atoms with Gasteiger partial charge in [0.25, 0.3) is 0 Å². The quantitative estimate of drug-likeness (QED) is 0.874. The molecule has 17 heavy (non-hydrogen) atoms. The Bertz CT molecular complexity index is 500. The van der Waals surface area contributed by atoms with Gasteiger partial charge in [0, 0.05) is 25.5 Å². The Labute approximate surface area is 106 Å². The highest BCUT2D eigenvalue weighted by atomic mass is 35.5. The summed E-state index contributed by atoms with van der Waals surface area (Å²) in [5.41, 5.74) is 8.61. The number of hydrogen-bond acceptors (Lipinski definition) is 3. The number of pyridine rings is 1. The van der Waals surface area contributed by atoms with Gasteiger partial charge in [0.2, 0.25) is 0 Å². The first kappa shape index (κ1) is 11.9. The number of aromatic nitrogens is 1. The predicted octanol–water partition coefficient (Wildman–Crippen LogP) is 2.81. The van der Waals surface area contributed by atoms with Crippen molar-refractivity contribution in [2.45, 2.75) is 13.1 Å². The van der Waals surface area contributed by atoms with Gasteiger partial charge >= 0.3 is 0 Å². The second-order valence-corrected chi connectivity index (χ2v) is 4.15. The van der Waals surface area contributed by atoms with Gasteiger partial charge in [0.1, 0.15) is 0 Å². The molecule has 0 aliphatic rings. The lowest BCUT2D eigenvalue weighted by Crippen LogP contribution is -2.03. The Kier molecular flexibility index (Phi) is 3.96. The second-order valence-electron chi connectivity index (χ2n) is 3.74. The van der Waals surface area contributed by atoms with Gasteiger partial charge in [-0.2, -0.15) is 0 Å². The Balaban J connectivity index is 2.05. The highest BCUT2D eigenvalue weighted by Gasteiger charge is 1.99. The molecule has 0 unspecified atom stereocenters. The van der Waals surface area contributed by atoms with E-state index in [2.05, 4.69) is 10.3 Å². The van der Waals surface area contributed by atoms with Crippen LogP contribution in [0.1, 0.15) is 11.1 Å². The Morgan fingerprint density at radius 3 is 2.71 bits per heavy atom. The van der Waals surface area contributed by atoms with E-state index in [1.165, 1.54) is 0 Å². The van der Waals surface area contributed by atoms with E-state index in [-0.39, 0.29) is 0 Å². The molecule has 3 nitrogen and oxygen atoms in total. The zero-order chi connectivity index (χ0) is 12.1.